The van der Waals surface area contributed by atoms with Crippen LogP contribution in [-0.4, -0.2) is 0 Å². The first kappa shape index (κ1) is 11.4. The Bertz CT molecular complexity index is 513. The molecule has 0 spiro atoms. The lowest BCUT2D eigenvalue weighted by Crippen LogP contribution is -1.78. The van der Waals surface area contributed by atoms with Crippen LogP contribution in [0.2, 0.25) is 0 Å². The summed E-state index contributed by atoms with van der Waals surface area (Å²) in [6.45, 7) is 0. The fourth-order valence-corrected chi connectivity index (χ4v) is 2.03. The minimum absolute atomic E-state index is 0.998. The fraction of sp³-hybridized carbons (Fsp3) is 0. The highest BCUT2D eigenvalue weighted by atomic mass is 79.9. The van der Waals surface area contributed by atoms with E-state index in [0.29, 0.717) is 0 Å². The summed E-state index contributed by atoms with van der Waals surface area (Å²) in [5, 5.41) is 0. The van der Waals surface area contributed by atoms with E-state index in [9.17, 15) is 0 Å². The second-order valence-electron chi connectivity index (χ2n) is 3.21. The molecule has 2 aromatic carbocycles. The Kier molecular flexibility index (Phi) is 3.82. The molecule has 2 rings (SSSR count). The second-order valence-corrected chi connectivity index (χ2v) is 4.92. The van der Waals surface area contributed by atoms with Gasteiger partial charge in [0.15, 0.2) is 0 Å². The van der Waals surface area contributed by atoms with Crippen LogP contribution in [-0.2, 0) is 0 Å². The SMILES string of the molecule is Brc1ccccc1C#Cc1ccccc1Br. The number of hydrogen-bond donors (Lipinski definition) is 0. The standard InChI is InChI=1S/C14H8Br2/c15-13-7-3-1-5-11(13)9-10-12-6-2-4-8-14(12)16/h1-8H. The molecule has 0 unspecified atom stereocenters. The largest absolute Gasteiger partial charge is 0.0611 e. The van der Waals surface area contributed by atoms with Crippen molar-refractivity contribution in [3.05, 3.63) is 68.6 Å². The average molecular weight is 336 g/mol. The van der Waals surface area contributed by atoms with Gasteiger partial charge < -0.3 is 0 Å². The first-order valence-electron chi connectivity index (χ1n) is 4.78. The van der Waals surface area contributed by atoms with E-state index in [0.717, 1.165) is 20.1 Å². The molecular formula is C14H8Br2. The lowest BCUT2D eigenvalue weighted by molar-refractivity contribution is 1.57. The normalized spacial score (nSPS) is 9.38. The fourth-order valence-electron chi connectivity index (χ4n) is 1.26. The highest BCUT2D eigenvalue weighted by Gasteiger charge is 1.95. The van der Waals surface area contributed by atoms with Crippen molar-refractivity contribution in [3.63, 3.8) is 0 Å². The van der Waals surface area contributed by atoms with E-state index in [1.54, 1.807) is 0 Å². The van der Waals surface area contributed by atoms with Crippen LogP contribution < -0.4 is 0 Å². The predicted octanol–water partition coefficient (Wildman–Crippen LogP) is 4.61. The van der Waals surface area contributed by atoms with Gasteiger partial charge in [-0.1, -0.05) is 36.1 Å². The van der Waals surface area contributed by atoms with Crippen molar-refractivity contribution in [2.75, 3.05) is 0 Å². The molecule has 0 aliphatic rings. The topological polar surface area (TPSA) is 0 Å². The molecule has 0 saturated carbocycles. The Balaban J connectivity index is 2.36. The molecule has 0 atom stereocenters. The molecular weight excluding hydrogens is 328 g/mol. The van der Waals surface area contributed by atoms with Gasteiger partial charge in [-0.05, 0) is 56.1 Å². The van der Waals surface area contributed by atoms with E-state index in [-0.39, 0.29) is 0 Å². The van der Waals surface area contributed by atoms with Gasteiger partial charge in [0.05, 0.1) is 0 Å². The third-order valence-electron chi connectivity index (χ3n) is 2.08. The molecule has 0 saturated heterocycles. The zero-order chi connectivity index (χ0) is 11.4. The van der Waals surface area contributed by atoms with E-state index in [1.165, 1.54) is 0 Å². The monoisotopic (exact) mass is 334 g/mol. The summed E-state index contributed by atoms with van der Waals surface area (Å²) in [4.78, 5) is 0. The van der Waals surface area contributed by atoms with Crippen molar-refractivity contribution < 1.29 is 0 Å². The summed E-state index contributed by atoms with van der Waals surface area (Å²) in [5.74, 6) is 6.29. The quantitative estimate of drug-likeness (QED) is 0.617. The van der Waals surface area contributed by atoms with Crippen molar-refractivity contribution in [1.29, 1.82) is 0 Å². The Morgan fingerprint density at radius 2 is 1.00 bits per heavy atom. The molecule has 16 heavy (non-hydrogen) atoms. The maximum atomic E-state index is 3.47. The van der Waals surface area contributed by atoms with Crippen LogP contribution in [0.25, 0.3) is 0 Å². The molecule has 0 bridgehead atoms. The first-order valence-corrected chi connectivity index (χ1v) is 6.37. The van der Waals surface area contributed by atoms with Gasteiger partial charge in [0, 0.05) is 20.1 Å². The van der Waals surface area contributed by atoms with E-state index in [2.05, 4.69) is 43.7 Å². The Hall–Kier alpha value is -1.04. The van der Waals surface area contributed by atoms with Gasteiger partial charge in [0.25, 0.3) is 0 Å². The minimum atomic E-state index is 0.998. The molecule has 0 fully saturated rings. The molecule has 0 heterocycles. The summed E-state index contributed by atoms with van der Waals surface area (Å²) >= 11 is 6.95. The predicted molar refractivity (Wildman–Crippen MR) is 74.3 cm³/mol. The smallest absolute Gasteiger partial charge is 0.0391 e. The van der Waals surface area contributed by atoms with Gasteiger partial charge >= 0.3 is 0 Å². The molecule has 0 aromatic heterocycles. The summed E-state index contributed by atoms with van der Waals surface area (Å²) < 4.78 is 2.05. The van der Waals surface area contributed by atoms with Crippen LogP contribution in [0.1, 0.15) is 11.1 Å². The van der Waals surface area contributed by atoms with Crippen LogP contribution in [0.15, 0.2) is 57.5 Å². The van der Waals surface area contributed by atoms with Crippen LogP contribution in [0.4, 0.5) is 0 Å². The number of benzene rings is 2. The third-order valence-corrected chi connectivity index (χ3v) is 3.46. The molecule has 0 aliphatic heterocycles. The molecule has 0 N–H and O–H groups in total. The van der Waals surface area contributed by atoms with Gasteiger partial charge in [-0.15, -0.1) is 0 Å². The van der Waals surface area contributed by atoms with E-state index < -0.39 is 0 Å². The second kappa shape index (κ2) is 5.34. The molecule has 0 amide bonds. The first-order chi connectivity index (χ1) is 7.77. The minimum Gasteiger partial charge on any atom is -0.0611 e. The highest BCUT2D eigenvalue weighted by Crippen LogP contribution is 2.17. The van der Waals surface area contributed by atoms with Crippen molar-refractivity contribution in [1.82, 2.24) is 0 Å². The molecule has 78 valence electrons. The number of hydrogen-bond acceptors (Lipinski definition) is 0. The van der Waals surface area contributed by atoms with E-state index in [1.807, 2.05) is 48.5 Å². The summed E-state index contributed by atoms with van der Waals surface area (Å²) in [7, 11) is 0. The molecule has 0 radical (unpaired) electrons. The average Bonchev–Trinajstić information content (AvgIpc) is 2.30. The zero-order valence-electron chi connectivity index (χ0n) is 8.37. The maximum absolute atomic E-state index is 3.47. The van der Waals surface area contributed by atoms with E-state index in [4.69, 9.17) is 0 Å². The van der Waals surface area contributed by atoms with Gasteiger partial charge in [0.1, 0.15) is 0 Å². The summed E-state index contributed by atoms with van der Waals surface area (Å²) in [6, 6.07) is 15.9. The van der Waals surface area contributed by atoms with E-state index >= 15 is 0 Å². The molecule has 0 nitrogen and oxygen atoms in total. The van der Waals surface area contributed by atoms with Crippen LogP contribution in [0.5, 0.6) is 0 Å². The molecule has 2 aromatic rings. The van der Waals surface area contributed by atoms with Crippen molar-refractivity contribution >= 4 is 31.9 Å². The van der Waals surface area contributed by atoms with Crippen LogP contribution in [0, 0.1) is 11.8 Å². The van der Waals surface area contributed by atoms with Gasteiger partial charge in [-0.2, -0.15) is 0 Å². The Labute approximate surface area is 112 Å². The highest BCUT2D eigenvalue weighted by molar-refractivity contribution is 9.10. The van der Waals surface area contributed by atoms with Crippen LogP contribution in [0.3, 0.4) is 0 Å². The van der Waals surface area contributed by atoms with Gasteiger partial charge in [-0.3, -0.25) is 0 Å². The van der Waals surface area contributed by atoms with Crippen molar-refractivity contribution in [3.8, 4) is 11.8 Å². The van der Waals surface area contributed by atoms with Crippen molar-refractivity contribution in [2.24, 2.45) is 0 Å². The van der Waals surface area contributed by atoms with Gasteiger partial charge in [0.2, 0.25) is 0 Å². The third kappa shape index (κ3) is 2.75. The molecule has 2 heteroatoms. The number of rotatable bonds is 0. The lowest BCUT2D eigenvalue weighted by Gasteiger charge is -1.95. The lowest BCUT2D eigenvalue weighted by atomic mass is 10.2. The Morgan fingerprint density at radius 1 is 0.625 bits per heavy atom. The summed E-state index contributed by atoms with van der Waals surface area (Å²) in [6.07, 6.45) is 0. The van der Waals surface area contributed by atoms with Crippen molar-refractivity contribution in [2.45, 2.75) is 0 Å². The Morgan fingerprint density at radius 3 is 1.38 bits per heavy atom. The maximum Gasteiger partial charge on any atom is 0.0391 e. The zero-order valence-corrected chi connectivity index (χ0v) is 11.5. The van der Waals surface area contributed by atoms with Crippen LogP contribution >= 0.6 is 31.9 Å². The number of halogens is 2. The van der Waals surface area contributed by atoms with Gasteiger partial charge in [-0.25, -0.2) is 0 Å². The summed E-state index contributed by atoms with van der Waals surface area (Å²) in [5.41, 5.74) is 2.00. The molecule has 0 aliphatic carbocycles.